The highest BCUT2D eigenvalue weighted by atomic mass is 32.1. The van der Waals surface area contributed by atoms with Crippen LogP contribution in [0.4, 0.5) is 0 Å². The van der Waals surface area contributed by atoms with E-state index >= 15 is 0 Å². The average Bonchev–Trinajstić information content (AvgIpc) is 3.23. The van der Waals surface area contributed by atoms with Gasteiger partial charge in [0.25, 0.3) is 0 Å². The Morgan fingerprint density at radius 1 is 1.22 bits per heavy atom. The second kappa shape index (κ2) is 10.1. The first-order valence-corrected chi connectivity index (χ1v) is 10.1. The molecule has 1 unspecified atom stereocenters. The number of aliphatic imine (C=N–C) groups is 1. The average molecular weight is 387 g/mol. The first kappa shape index (κ1) is 19.4. The Balaban J connectivity index is 1.61. The third kappa shape index (κ3) is 5.80. The number of thiophene rings is 1. The van der Waals surface area contributed by atoms with Gasteiger partial charge in [-0.15, -0.1) is 11.3 Å². The number of rotatable bonds is 7. The van der Waals surface area contributed by atoms with Crippen LogP contribution in [0.5, 0.6) is 0 Å². The first-order chi connectivity index (χ1) is 13.2. The molecule has 1 aliphatic heterocycles. The fraction of sp³-hybridized carbons (Fsp3) is 0.400. The molecule has 0 radical (unpaired) electrons. The van der Waals surface area contributed by atoms with E-state index in [-0.39, 0.29) is 11.8 Å². The second-order valence-corrected chi connectivity index (χ2v) is 7.42. The summed E-state index contributed by atoms with van der Waals surface area (Å²) in [7, 11) is 0. The van der Waals surface area contributed by atoms with E-state index < -0.39 is 0 Å². The fourth-order valence-corrected chi connectivity index (χ4v) is 3.74. The molecule has 1 aromatic carbocycles. The number of carbonyl (C=O) groups is 1. The van der Waals surface area contributed by atoms with Crippen LogP contribution in [0.15, 0.2) is 52.8 Å². The minimum Gasteiger partial charge on any atom is -0.378 e. The van der Waals surface area contributed by atoms with E-state index in [1.807, 2.05) is 41.3 Å². The lowest BCUT2D eigenvalue weighted by molar-refractivity contribution is -0.136. The van der Waals surface area contributed by atoms with Gasteiger partial charge in [0.2, 0.25) is 5.91 Å². The van der Waals surface area contributed by atoms with E-state index in [2.05, 4.69) is 21.8 Å². The highest BCUT2D eigenvalue weighted by Gasteiger charge is 2.27. The van der Waals surface area contributed by atoms with Crippen LogP contribution in [-0.2, 0) is 16.0 Å². The van der Waals surface area contributed by atoms with Crippen LogP contribution in [0.25, 0.3) is 0 Å². The van der Waals surface area contributed by atoms with Crippen molar-refractivity contribution in [3.05, 3.63) is 58.3 Å². The Kier molecular flexibility index (Phi) is 7.24. The zero-order valence-corrected chi connectivity index (χ0v) is 16.2. The molecule has 1 amide bonds. The molecule has 2 aromatic rings. The summed E-state index contributed by atoms with van der Waals surface area (Å²) in [6.45, 7) is 3.48. The minimum absolute atomic E-state index is 0.0830. The largest absolute Gasteiger partial charge is 0.378 e. The first-order valence-electron chi connectivity index (χ1n) is 9.21. The monoisotopic (exact) mass is 386 g/mol. The summed E-state index contributed by atoms with van der Waals surface area (Å²) < 4.78 is 5.36. The Morgan fingerprint density at radius 2 is 2.00 bits per heavy atom. The predicted octanol–water partition coefficient (Wildman–Crippen LogP) is 1.84. The van der Waals surface area contributed by atoms with Gasteiger partial charge in [0.05, 0.1) is 25.7 Å². The van der Waals surface area contributed by atoms with E-state index in [1.165, 1.54) is 4.88 Å². The summed E-state index contributed by atoms with van der Waals surface area (Å²) in [6, 6.07) is 13.9. The van der Waals surface area contributed by atoms with E-state index in [0.29, 0.717) is 38.8 Å². The van der Waals surface area contributed by atoms with Gasteiger partial charge < -0.3 is 20.7 Å². The molecule has 0 bridgehead atoms. The number of carbonyl (C=O) groups excluding carboxylic acids is 1. The zero-order chi connectivity index (χ0) is 18.9. The van der Waals surface area contributed by atoms with E-state index in [9.17, 15) is 4.79 Å². The van der Waals surface area contributed by atoms with Crippen molar-refractivity contribution >= 4 is 23.2 Å². The summed E-state index contributed by atoms with van der Waals surface area (Å²) in [4.78, 5) is 20.6. The smallest absolute Gasteiger partial charge is 0.232 e. The van der Waals surface area contributed by atoms with Gasteiger partial charge in [-0.25, -0.2) is 0 Å². The van der Waals surface area contributed by atoms with E-state index in [4.69, 9.17) is 10.5 Å². The molecule has 1 fully saturated rings. The third-order valence-electron chi connectivity index (χ3n) is 4.52. The molecule has 3 N–H and O–H groups in total. The van der Waals surface area contributed by atoms with Crippen molar-refractivity contribution in [1.82, 2.24) is 10.2 Å². The lowest BCUT2D eigenvalue weighted by atomic mass is 9.97. The standard InChI is InChI=1S/C20H26N4O2S/c21-20(22-9-8-17-7-4-14-27-17)23-15-18(16-5-2-1-3-6-16)19(25)24-10-12-26-13-11-24/h1-7,14,18H,8-13,15H2,(H3,21,22,23). The molecule has 1 aliphatic rings. The van der Waals surface area contributed by atoms with Crippen molar-refractivity contribution in [2.24, 2.45) is 10.7 Å². The molecule has 27 heavy (non-hydrogen) atoms. The number of morpholine rings is 1. The van der Waals surface area contributed by atoms with Crippen molar-refractivity contribution in [3.8, 4) is 0 Å². The minimum atomic E-state index is -0.332. The lowest BCUT2D eigenvalue weighted by Crippen LogP contribution is -2.44. The molecule has 1 atom stereocenters. The molecule has 144 valence electrons. The molecule has 7 heteroatoms. The molecular formula is C20H26N4O2S. The van der Waals surface area contributed by atoms with Gasteiger partial charge in [-0.3, -0.25) is 9.79 Å². The molecule has 0 aliphatic carbocycles. The third-order valence-corrected chi connectivity index (χ3v) is 5.46. The highest BCUT2D eigenvalue weighted by Crippen LogP contribution is 2.20. The summed E-state index contributed by atoms with van der Waals surface area (Å²) in [6.07, 6.45) is 0.905. The number of benzene rings is 1. The summed E-state index contributed by atoms with van der Waals surface area (Å²) in [5.74, 6) is 0.129. The van der Waals surface area contributed by atoms with Gasteiger partial charge in [-0.05, 0) is 23.4 Å². The summed E-state index contributed by atoms with van der Waals surface area (Å²) >= 11 is 1.73. The predicted molar refractivity (Wildman–Crippen MR) is 109 cm³/mol. The van der Waals surface area contributed by atoms with Crippen LogP contribution in [-0.4, -0.2) is 56.2 Å². The Bertz CT molecular complexity index is 728. The van der Waals surface area contributed by atoms with Gasteiger partial charge in [0, 0.05) is 24.5 Å². The van der Waals surface area contributed by atoms with Crippen LogP contribution in [0.3, 0.4) is 0 Å². The highest BCUT2D eigenvalue weighted by molar-refractivity contribution is 7.09. The van der Waals surface area contributed by atoms with Gasteiger partial charge in [0.15, 0.2) is 5.96 Å². The van der Waals surface area contributed by atoms with Crippen LogP contribution in [0, 0.1) is 0 Å². The maximum Gasteiger partial charge on any atom is 0.232 e. The van der Waals surface area contributed by atoms with Crippen molar-refractivity contribution in [1.29, 1.82) is 0 Å². The Morgan fingerprint density at radius 3 is 2.70 bits per heavy atom. The van der Waals surface area contributed by atoms with Gasteiger partial charge in [-0.1, -0.05) is 36.4 Å². The SMILES string of the molecule is NC(=NCC(C(=O)N1CCOCC1)c1ccccc1)NCCc1cccs1. The molecule has 1 saturated heterocycles. The number of hydrogen-bond donors (Lipinski definition) is 2. The summed E-state index contributed by atoms with van der Waals surface area (Å²) in [5, 5.41) is 5.20. The van der Waals surface area contributed by atoms with Crippen LogP contribution >= 0.6 is 11.3 Å². The molecule has 2 heterocycles. The van der Waals surface area contributed by atoms with Crippen LogP contribution in [0.1, 0.15) is 16.4 Å². The van der Waals surface area contributed by atoms with Crippen molar-refractivity contribution < 1.29 is 9.53 Å². The normalized spacial score (nSPS) is 16.1. The number of hydrogen-bond acceptors (Lipinski definition) is 4. The molecule has 3 rings (SSSR count). The molecule has 6 nitrogen and oxygen atoms in total. The number of nitrogens with zero attached hydrogens (tertiary/aromatic N) is 2. The number of nitrogens with one attached hydrogen (secondary N) is 1. The van der Waals surface area contributed by atoms with Crippen molar-refractivity contribution in [2.45, 2.75) is 12.3 Å². The topological polar surface area (TPSA) is 80.0 Å². The van der Waals surface area contributed by atoms with Crippen molar-refractivity contribution in [3.63, 3.8) is 0 Å². The van der Waals surface area contributed by atoms with Gasteiger partial charge in [-0.2, -0.15) is 0 Å². The maximum absolute atomic E-state index is 13.0. The molecule has 1 aromatic heterocycles. The second-order valence-electron chi connectivity index (χ2n) is 6.38. The number of ether oxygens (including phenoxy) is 1. The molecule has 0 spiro atoms. The number of guanidine groups is 1. The van der Waals surface area contributed by atoms with Gasteiger partial charge in [0.1, 0.15) is 0 Å². The Labute approximate surface area is 164 Å². The van der Waals surface area contributed by atoms with E-state index in [1.54, 1.807) is 11.3 Å². The molecule has 0 saturated carbocycles. The van der Waals surface area contributed by atoms with Crippen molar-refractivity contribution in [2.75, 3.05) is 39.4 Å². The number of amides is 1. The maximum atomic E-state index is 13.0. The zero-order valence-electron chi connectivity index (χ0n) is 15.3. The molecular weight excluding hydrogens is 360 g/mol. The van der Waals surface area contributed by atoms with Crippen LogP contribution in [0.2, 0.25) is 0 Å². The quantitative estimate of drug-likeness (QED) is 0.562. The van der Waals surface area contributed by atoms with Gasteiger partial charge >= 0.3 is 0 Å². The summed E-state index contributed by atoms with van der Waals surface area (Å²) in [5.41, 5.74) is 6.98. The van der Waals surface area contributed by atoms with E-state index in [0.717, 1.165) is 18.5 Å². The fourth-order valence-electron chi connectivity index (χ4n) is 3.03. The van der Waals surface area contributed by atoms with Crippen LogP contribution < -0.4 is 11.1 Å². The number of nitrogens with two attached hydrogens (primary N) is 1. The lowest BCUT2D eigenvalue weighted by Gasteiger charge is -2.30. The Hall–Kier alpha value is -2.38.